The van der Waals surface area contributed by atoms with Crippen molar-refractivity contribution in [2.75, 3.05) is 26.6 Å². The minimum absolute atomic E-state index is 0.0771. The monoisotopic (exact) mass is 264 g/mol. The second kappa shape index (κ2) is 7.89. The third kappa shape index (κ3) is 6.11. The first-order chi connectivity index (χ1) is 7.92. The highest BCUT2D eigenvalue weighted by atomic mass is 35.5. The van der Waals surface area contributed by atoms with Crippen LogP contribution in [0.4, 0.5) is 4.79 Å². The molecule has 1 atom stereocenters. The number of esters is 1. The van der Waals surface area contributed by atoms with Crippen LogP contribution in [0.2, 0.25) is 0 Å². The molecular formula is C10H17ClN2O4. The SMILES string of the molecule is COC(=O)C(C)CN(C)C(=O)NC(=O)CCCl. The van der Waals surface area contributed by atoms with E-state index >= 15 is 0 Å². The Kier molecular flexibility index (Phi) is 7.29. The molecule has 17 heavy (non-hydrogen) atoms. The van der Waals surface area contributed by atoms with Gasteiger partial charge >= 0.3 is 12.0 Å². The van der Waals surface area contributed by atoms with E-state index in [-0.39, 0.29) is 18.8 Å². The van der Waals surface area contributed by atoms with E-state index in [0.717, 1.165) is 0 Å². The fraction of sp³-hybridized carbons (Fsp3) is 0.700. The summed E-state index contributed by atoms with van der Waals surface area (Å²) in [4.78, 5) is 34.9. The highest BCUT2D eigenvalue weighted by Crippen LogP contribution is 2.00. The quantitative estimate of drug-likeness (QED) is 0.583. The van der Waals surface area contributed by atoms with Crippen LogP contribution in [0.15, 0.2) is 0 Å². The zero-order valence-electron chi connectivity index (χ0n) is 10.2. The van der Waals surface area contributed by atoms with Crippen molar-refractivity contribution >= 4 is 29.5 Å². The highest BCUT2D eigenvalue weighted by Gasteiger charge is 2.19. The number of ether oxygens (including phenoxy) is 1. The summed E-state index contributed by atoms with van der Waals surface area (Å²) < 4.78 is 4.53. The Balaban J connectivity index is 4.13. The van der Waals surface area contributed by atoms with Gasteiger partial charge in [-0.3, -0.25) is 14.9 Å². The molecule has 0 heterocycles. The minimum atomic E-state index is -0.559. The van der Waals surface area contributed by atoms with E-state index in [1.807, 2.05) is 0 Å². The Hall–Kier alpha value is -1.30. The Labute approximate surface area is 105 Å². The lowest BCUT2D eigenvalue weighted by atomic mass is 10.2. The number of rotatable bonds is 5. The number of nitrogens with one attached hydrogen (secondary N) is 1. The number of hydrogen-bond donors (Lipinski definition) is 1. The number of halogens is 1. The summed E-state index contributed by atoms with van der Waals surface area (Å²) in [5.41, 5.74) is 0. The van der Waals surface area contributed by atoms with Crippen molar-refractivity contribution in [1.29, 1.82) is 0 Å². The van der Waals surface area contributed by atoms with Gasteiger partial charge in [0, 0.05) is 25.9 Å². The van der Waals surface area contributed by atoms with Crippen LogP contribution in [0.5, 0.6) is 0 Å². The molecule has 0 aliphatic heterocycles. The number of carbonyl (C=O) groups is 3. The standard InChI is InChI=1S/C10H17ClN2O4/c1-7(9(15)17-3)6-13(2)10(16)12-8(14)4-5-11/h7H,4-6H2,1-3H3,(H,12,14,16). The van der Waals surface area contributed by atoms with Gasteiger partial charge in [-0.2, -0.15) is 0 Å². The van der Waals surface area contributed by atoms with Crippen molar-refractivity contribution < 1.29 is 19.1 Å². The summed E-state index contributed by atoms with van der Waals surface area (Å²) >= 11 is 5.36. The normalized spacial score (nSPS) is 11.5. The van der Waals surface area contributed by atoms with E-state index in [0.29, 0.717) is 0 Å². The molecule has 1 N–H and O–H groups in total. The molecule has 0 rings (SSSR count). The molecule has 0 bridgehead atoms. The van der Waals surface area contributed by atoms with E-state index in [1.54, 1.807) is 6.92 Å². The minimum Gasteiger partial charge on any atom is -0.469 e. The molecule has 98 valence electrons. The van der Waals surface area contributed by atoms with Crippen molar-refractivity contribution in [3.63, 3.8) is 0 Å². The van der Waals surface area contributed by atoms with Gasteiger partial charge < -0.3 is 9.64 Å². The van der Waals surface area contributed by atoms with E-state index in [4.69, 9.17) is 11.6 Å². The van der Waals surface area contributed by atoms with E-state index in [9.17, 15) is 14.4 Å². The largest absolute Gasteiger partial charge is 0.469 e. The topological polar surface area (TPSA) is 75.7 Å². The maximum atomic E-state index is 11.5. The third-order valence-corrected chi connectivity index (χ3v) is 2.25. The molecule has 0 spiro atoms. The molecule has 0 aromatic carbocycles. The number of methoxy groups -OCH3 is 1. The second-order valence-corrected chi connectivity index (χ2v) is 3.98. The van der Waals surface area contributed by atoms with Crippen LogP contribution >= 0.6 is 11.6 Å². The zero-order valence-corrected chi connectivity index (χ0v) is 10.9. The lowest BCUT2D eigenvalue weighted by Gasteiger charge is -2.20. The summed E-state index contributed by atoms with van der Waals surface area (Å²) in [7, 11) is 2.77. The molecule has 0 fully saturated rings. The van der Waals surface area contributed by atoms with Crippen molar-refractivity contribution in [2.24, 2.45) is 5.92 Å². The molecule has 0 aromatic heterocycles. The first kappa shape index (κ1) is 15.7. The summed E-state index contributed by atoms with van der Waals surface area (Å²) in [6.45, 7) is 1.81. The van der Waals surface area contributed by atoms with Gasteiger partial charge in [0.15, 0.2) is 0 Å². The molecule has 0 saturated carbocycles. The Morgan fingerprint density at radius 3 is 2.47 bits per heavy atom. The third-order valence-electron chi connectivity index (χ3n) is 2.07. The van der Waals surface area contributed by atoms with Gasteiger partial charge in [-0.1, -0.05) is 6.92 Å². The van der Waals surface area contributed by atoms with E-state index < -0.39 is 23.8 Å². The number of carbonyl (C=O) groups excluding carboxylic acids is 3. The number of nitrogens with zero attached hydrogens (tertiary/aromatic N) is 1. The molecule has 1 unspecified atom stereocenters. The molecule has 0 aromatic rings. The Bertz CT molecular complexity index is 296. The fourth-order valence-electron chi connectivity index (χ4n) is 1.13. The summed E-state index contributed by atoms with van der Waals surface area (Å²) in [6.07, 6.45) is 0.0771. The Morgan fingerprint density at radius 2 is 2.00 bits per heavy atom. The van der Waals surface area contributed by atoms with Gasteiger partial charge in [0.25, 0.3) is 0 Å². The lowest BCUT2D eigenvalue weighted by molar-refractivity contribution is -0.145. The van der Waals surface area contributed by atoms with Gasteiger partial charge in [0.05, 0.1) is 13.0 Å². The van der Waals surface area contributed by atoms with Crippen LogP contribution in [-0.4, -0.2) is 49.4 Å². The lowest BCUT2D eigenvalue weighted by Crippen LogP contribution is -2.43. The molecule has 0 aliphatic rings. The van der Waals surface area contributed by atoms with Crippen molar-refractivity contribution in [2.45, 2.75) is 13.3 Å². The zero-order chi connectivity index (χ0) is 13.4. The maximum Gasteiger partial charge on any atom is 0.323 e. The highest BCUT2D eigenvalue weighted by molar-refractivity contribution is 6.19. The second-order valence-electron chi connectivity index (χ2n) is 3.60. The predicted molar refractivity (Wildman–Crippen MR) is 62.7 cm³/mol. The average Bonchev–Trinajstić information content (AvgIpc) is 2.27. The first-order valence-electron chi connectivity index (χ1n) is 5.11. The molecule has 6 nitrogen and oxygen atoms in total. The van der Waals surface area contributed by atoms with Crippen molar-refractivity contribution in [3.8, 4) is 0 Å². The van der Waals surface area contributed by atoms with Crippen LogP contribution in [-0.2, 0) is 14.3 Å². The van der Waals surface area contributed by atoms with Gasteiger partial charge in [-0.05, 0) is 0 Å². The molecule has 0 aliphatic carbocycles. The van der Waals surface area contributed by atoms with Crippen molar-refractivity contribution in [3.05, 3.63) is 0 Å². The predicted octanol–water partition coefficient (Wildman–Crippen LogP) is 0.592. The maximum absolute atomic E-state index is 11.5. The molecule has 0 saturated heterocycles. The first-order valence-corrected chi connectivity index (χ1v) is 5.64. The summed E-state index contributed by atoms with van der Waals surface area (Å²) in [5.74, 6) is -1.14. The Morgan fingerprint density at radius 1 is 1.41 bits per heavy atom. The van der Waals surface area contributed by atoms with Crippen LogP contribution in [0.3, 0.4) is 0 Å². The van der Waals surface area contributed by atoms with E-state index in [1.165, 1.54) is 19.1 Å². The molecule has 0 radical (unpaired) electrons. The molecule has 7 heteroatoms. The van der Waals surface area contributed by atoms with Crippen LogP contribution in [0.1, 0.15) is 13.3 Å². The summed E-state index contributed by atoms with van der Waals surface area (Å²) in [6, 6.07) is -0.559. The molecular weight excluding hydrogens is 248 g/mol. The van der Waals surface area contributed by atoms with E-state index in [2.05, 4.69) is 10.1 Å². The van der Waals surface area contributed by atoms with Crippen LogP contribution in [0, 0.1) is 5.92 Å². The van der Waals surface area contributed by atoms with Gasteiger partial charge in [0.2, 0.25) is 5.91 Å². The number of amides is 3. The van der Waals surface area contributed by atoms with Gasteiger partial charge in [0.1, 0.15) is 0 Å². The number of alkyl halides is 1. The van der Waals surface area contributed by atoms with Crippen molar-refractivity contribution in [1.82, 2.24) is 10.2 Å². The van der Waals surface area contributed by atoms with Crippen LogP contribution < -0.4 is 5.32 Å². The fourth-order valence-corrected chi connectivity index (χ4v) is 1.30. The number of urea groups is 1. The number of hydrogen-bond acceptors (Lipinski definition) is 4. The van der Waals surface area contributed by atoms with Crippen LogP contribution in [0.25, 0.3) is 0 Å². The van der Waals surface area contributed by atoms with Gasteiger partial charge in [-0.25, -0.2) is 4.79 Å². The average molecular weight is 265 g/mol. The van der Waals surface area contributed by atoms with Gasteiger partial charge in [-0.15, -0.1) is 11.6 Å². The molecule has 3 amide bonds. The summed E-state index contributed by atoms with van der Waals surface area (Å²) in [5, 5.41) is 2.15. The number of imide groups is 1. The smallest absolute Gasteiger partial charge is 0.323 e.